The number of aromatic nitrogens is 2. The summed E-state index contributed by atoms with van der Waals surface area (Å²) >= 11 is 11.8. The quantitative estimate of drug-likeness (QED) is 0.0966. The molecule has 0 atom stereocenters. The van der Waals surface area contributed by atoms with Crippen molar-refractivity contribution in [2.45, 2.75) is 65.8 Å². The summed E-state index contributed by atoms with van der Waals surface area (Å²) < 4.78 is 0.663. The number of carbonyl (C=O) groups excluding carboxylic acids is 2. The number of aryl methyl sites for hydroxylation is 6. The number of carbonyl (C=O) groups is 2. The summed E-state index contributed by atoms with van der Waals surface area (Å²) in [4.78, 5) is 35.2. The molecule has 0 bridgehead atoms. The Morgan fingerprint density at radius 1 is 0.875 bits per heavy atom. The van der Waals surface area contributed by atoms with E-state index in [1.54, 1.807) is 0 Å². The second-order valence-electron chi connectivity index (χ2n) is 11.1. The maximum absolute atomic E-state index is 12.6. The third-order valence-electron chi connectivity index (χ3n) is 7.56. The minimum Gasteiger partial charge on any atom is -0.385 e. The fourth-order valence-corrected chi connectivity index (χ4v) is 6.35. The summed E-state index contributed by atoms with van der Waals surface area (Å²) in [6.07, 6.45) is 7.84. The number of nitrogens with zero attached hydrogens (tertiary/aromatic N) is 3. The first kappa shape index (κ1) is 44.8. The normalized spacial score (nSPS) is 12.5. The van der Waals surface area contributed by atoms with Gasteiger partial charge in [0.15, 0.2) is 0 Å². The van der Waals surface area contributed by atoms with Crippen LogP contribution in [0, 0.1) is 44.5 Å². The number of hydrogen-bond acceptors (Lipinski definition) is 5. The summed E-state index contributed by atoms with van der Waals surface area (Å²) in [5.74, 6) is 0.622. The van der Waals surface area contributed by atoms with Crippen molar-refractivity contribution in [3.63, 3.8) is 0 Å². The van der Waals surface area contributed by atoms with Crippen molar-refractivity contribution in [2.24, 2.45) is 0 Å². The number of H-pyrrole nitrogens is 1. The van der Waals surface area contributed by atoms with E-state index in [1.807, 2.05) is 67.2 Å². The molecule has 0 saturated heterocycles. The average Bonchev–Trinajstić information content (AvgIpc) is 3.06. The SMILES string of the molecule is C.Cc1c[c-]c(=S)[nH]c1.Cc1c[c-]c(SCC(=O)N2CCCc3cccc(C)c32)nc1.Cc1cccc2c1N(C(=O)CCl)CCC2.[Y].[Y]. The predicted octanol–water partition coefficient (Wildman–Crippen LogP) is 8.57. The number of halogens is 1. The van der Waals surface area contributed by atoms with Crippen molar-refractivity contribution in [2.75, 3.05) is 34.5 Å². The van der Waals surface area contributed by atoms with Crippen molar-refractivity contribution in [1.29, 1.82) is 0 Å². The molecule has 48 heavy (non-hydrogen) atoms. The molecule has 2 aliphatic heterocycles. The first-order chi connectivity index (χ1) is 21.7. The number of fused-ring (bicyclic) bond motifs is 2. The van der Waals surface area contributed by atoms with Gasteiger partial charge in [-0.3, -0.25) is 14.6 Å². The van der Waals surface area contributed by atoms with Crippen LogP contribution < -0.4 is 9.80 Å². The zero-order valence-electron chi connectivity index (χ0n) is 27.4. The second-order valence-corrected chi connectivity index (χ2v) is 12.8. The number of nitrogens with one attached hydrogen (secondary N) is 1. The topological polar surface area (TPSA) is 69.3 Å². The molecular formula is C37H43ClN4O2S2Y2-2. The Balaban J connectivity index is 0.000000386. The molecule has 4 heterocycles. The first-order valence-electron chi connectivity index (χ1n) is 15.1. The first-order valence-corrected chi connectivity index (χ1v) is 17.0. The molecule has 250 valence electrons. The maximum Gasteiger partial charge on any atom is 0.241 e. The Morgan fingerprint density at radius 2 is 1.42 bits per heavy atom. The van der Waals surface area contributed by atoms with E-state index in [0.29, 0.717) is 10.4 Å². The molecular weight excluding hydrogens is 810 g/mol. The van der Waals surface area contributed by atoms with Gasteiger partial charge in [-0.05, 0) is 61.8 Å². The van der Waals surface area contributed by atoms with Gasteiger partial charge in [0.05, 0.1) is 5.75 Å². The van der Waals surface area contributed by atoms with Gasteiger partial charge in [-0.2, -0.15) is 11.1 Å². The zero-order valence-corrected chi connectivity index (χ0v) is 35.5. The Bertz CT molecular complexity index is 1660. The maximum atomic E-state index is 12.6. The van der Waals surface area contributed by atoms with E-state index in [1.165, 1.54) is 28.5 Å². The van der Waals surface area contributed by atoms with Crippen LogP contribution in [0.5, 0.6) is 0 Å². The molecule has 0 unspecified atom stereocenters. The van der Waals surface area contributed by atoms with Crippen LogP contribution in [0.4, 0.5) is 11.4 Å². The van der Waals surface area contributed by atoms with E-state index in [-0.39, 0.29) is 90.5 Å². The van der Waals surface area contributed by atoms with E-state index in [0.717, 1.165) is 71.9 Å². The number of alkyl halides is 1. The van der Waals surface area contributed by atoms with Gasteiger partial charge >= 0.3 is 0 Å². The van der Waals surface area contributed by atoms with Gasteiger partial charge in [0.2, 0.25) is 11.8 Å². The number of rotatable bonds is 4. The average molecular weight is 853 g/mol. The molecule has 6 nitrogen and oxygen atoms in total. The minimum atomic E-state index is 0. The second kappa shape index (κ2) is 22.5. The minimum absolute atomic E-state index is 0. The van der Waals surface area contributed by atoms with Gasteiger partial charge in [0.25, 0.3) is 0 Å². The summed E-state index contributed by atoms with van der Waals surface area (Å²) in [5, 5.41) is 0.779. The number of aromatic amines is 1. The number of anilines is 2. The summed E-state index contributed by atoms with van der Waals surface area (Å²) in [5.41, 5.74) is 9.30. The van der Waals surface area contributed by atoms with Gasteiger partial charge in [-0.1, -0.05) is 68.4 Å². The van der Waals surface area contributed by atoms with Gasteiger partial charge < -0.3 is 14.8 Å². The molecule has 2 aromatic carbocycles. The van der Waals surface area contributed by atoms with Crippen LogP contribution in [0.15, 0.2) is 66.0 Å². The van der Waals surface area contributed by atoms with Crippen molar-refractivity contribution < 1.29 is 75.0 Å². The van der Waals surface area contributed by atoms with Crippen molar-refractivity contribution >= 4 is 58.8 Å². The summed E-state index contributed by atoms with van der Waals surface area (Å²) in [6.45, 7) is 9.69. The van der Waals surface area contributed by atoms with E-state index >= 15 is 0 Å². The standard InChI is InChI=1S/C18H19N2OS.C12H14ClNO.C6H6NS.CH4.2Y/c1-13-8-9-16(19-11-13)22-12-17(21)20-10-4-7-15-6-3-5-14(2)18(15)20;1-9-4-2-5-10-6-3-7-14(12(9)10)11(15)8-13;1-5-2-3-6(8)7-4-5;;;/h3,5-6,8,11H,4,7,10,12H2,1-2H3;2,4-5H,3,6-8H2,1H3;2,4H,1H3,(H,7,8);1H4;;/q-1;;-1;;;. The molecule has 4 aromatic rings. The predicted molar refractivity (Wildman–Crippen MR) is 195 cm³/mol. The van der Waals surface area contributed by atoms with Gasteiger partial charge in [0, 0.05) is 99.5 Å². The van der Waals surface area contributed by atoms with Crippen LogP contribution in [0.2, 0.25) is 0 Å². The van der Waals surface area contributed by atoms with Crippen LogP contribution in [0.25, 0.3) is 0 Å². The molecule has 2 amide bonds. The summed E-state index contributed by atoms with van der Waals surface area (Å²) in [6, 6.07) is 22.2. The molecule has 0 spiro atoms. The zero-order chi connectivity index (χ0) is 32.3. The molecule has 1 N–H and O–H groups in total. The molecule has 0 saturated carbocycles. The van der Waals surface area contributed by atoms with E-state index in [2.05, 4.69) is 53.3 Å². The fraction of sp³-hybridized carbons (Fsp3) is 0.351. The third-order valence-corrected chi connectivity index (χ3v) is 8.91. The molecule has 6 rings (SSSR count). The monoisotopic (exact) mass is 852 g/mol. The van der Waals surface area contributed by atoms with Crippen LogP contribution >= 0.6 is 35.6 Å². The van der Waals surface area contributed by atoms with E-state index in [9.17, 15) is 9.59 Å². The number of pyridine rings is 2. The van der Waals surface area contributed by atoms with Crippen LogP contribution in [0.3, 0.4) is 0 Å². The van der Waals surface area contributed by atoms with Gasteiger partial charge in [0.1, 0.15) is 5.88 Å². The van der Waals surface area contributed by atoms with Gasteiger partial charge in [-0.15, -0.1) is 37.2 Å². The Morgan fingerprint density at radius 3 is 1.88 bits per heavy atom. The molecule has 11 heteroatoms. The van der Waals surface area contributed by atoms with Crippen molar-refractivity contribution in [3.8, 4) is 0 Å². The Labute approximate surface area is 351 Å². The molecule has 0 aliphatic carbocycles. The van der Waals surface area contributed by atoms with Crippen molar-refractivity contribution in [3.05, 3.63) is 111 Å². The third kappa shape index (κ3) is 12.8. The Kier molecular flexibility index (Phi) is 21.0. The fourth-order valence-electron chi connectivity index (χ4n) is 5.40. The Hall–Kier alpha value is -1.25. The van der Waals surface area contributed by atoms with Gasteiger partial charge in [-0.25, -0.2) is 24.3 Å². The number of hydrogen-bond donors (Lipinski definition) is 1. The number of thioether (sulfide) groups is 1. The van der Waals surface area contributed by atoms with Crippen LogP contribution in [-0.2, 0) is 87.8 Å². The number of para-hydroxylation sites is 2. The number of benzene rings is 2. The smallest absolute Gasteiger partial charge is 0.241 e. The van der Waals surface area contributed by atoms with Crippen LogP contribution in [0.1, 0.15) is 53.6 Å². The van der Waals surface area contributed by atoms with E-state index in [4.69, 9.17) is 23.8 Å². The molecule has 2 radical (unpaired) electrons. The van der Waals surface area contributed by atoms with Crippen molar-refractivity contribution in [1.82, 2.24) is 9.97 Å². The number of amides is 2. The van der Waals surface area contributed by atoms with E-state index < -0.39 is 0 Å². The largest absolute Gasteiger partial charge is 0.385 e. The molecule has 2 aromatic heterocycles. The summed E-state index contributed by atoms with van der Waals surface area (Å²) in [7, 11) is 0. The molecule has 2 aliphatic rings. The van der Waals surface area contributed by atoms with Crippen LogP contribution in [-0.4, -0.2) is 46.5 Å². The molecule has 0 fully saturated rings.